The number of nitrogens with one attached hydrogen (secondary N) is 1. The second-order valence-electron chi connectivity index (χ2n) is 3.30. The van der Waals surface area contributed by atoms with E-state index in [9.17, 15) is 0 Å². The lowest BCUT2D eigenvalue weighted by Gasteiger charge is -2.17. The minimum Gasteiger partial charge on any atom is -0.457 e. The number of rotatable bonds is 2. The lowest BCUT2D eigenvalue weighted by molar-refractivity contribution is 0.438. The standard InChI is InChI=1S/C12H9N2OS/c1-2-4-11(5-3-1)15-12-6-7-14-10(8-12)9-13-16-14/h2-9,13H. The van der Waals surface area contributed by atoms with Gasteiger partial charge in [0.05, 0.1) is 17.8 Å². The first-order chi connectivity index (χ1) is 7.92. The van der Waals surface area contributed by atoms with Gasteiger partial charge in [-0.15, -0.1) is 0 Å². The molecule has 0 spiro atoms. The molecular formula is C12H9N2OS. The van der Waals surface area contributed by atoms with Crippen LogP contribution in [0.1, 0.15) is 0 Å². The highest BCUT2D eigenvalue weighted by molar-refractivity contribution is 7.95. The van der Waals surface area contributed by atoms with Gasteiger partial charge in [-0.2, -0.15) is 0 Å². The van der Waals surface area contributed by atoms with Crippen molar-refractivity contribution in [3.63, 3.8) is 0 Å². The van der Waals surface area contributed by atoms with Gasteiger partial charge in [0.25, 0.3) is 0 Å². The van der Waals surface area contributed by atoms with Crippen molar-refractivity contribution in [3.8, 4) is 5.75 Å². The van der Waals surface area contributed by atoms with E-state index in [4.69, 9.17) is 4.74 Å². The first-order valence-electron chi connectivity index (χ1n) is 4.87. The van der Waals surface area contributed by atoms with Crippen LogP contribution in [0.15, 0.2) is 60.3 Å². The van der Waals surface area contributed by atoms with E-state index in [1.54, 1.807) is 0 Å². The van der Waals surface area contributed by atoms with Crippen molar-refractivity contribution in [2.45, 2.75) is 0 Å². The summed E-state index contributed by atoms with van der Waals surface area (Å²) in [6, 6.07) is 10.4. The molecule has 2 aliphatic heterocycles. The number of hydrogen-bond donors (Lipinski definition) is 1. The third-order valence-corrected chi connectivity index (χ3v) is 2.95. The van der Waals surface area contributed by atoms with Gasteiger partial charge < -0.3 is 9.46 Å². The highest BCUT2D eigenvalue weighted by atomic mass is 32.2. The second-order valence-corrected chi connectivity index (χ2v) is 4.12. The van der Waals surface area contributed by atoms with Gasteiger partial charge >= 0.3 is 0 Å². The Kier molecular flexibility index (Phi) is 2.34. The molecule has 1 N–H and O–H groups in total. The Balaban J connectivity index is 1.80. The molecule has 0 atom stereocenters. The van der Waals surface area contributed by atoms with Gasteiger partial charge in [0.2, 0.25) is 0 Å². The molecule has 4 heteroatoms. The maximum absolute atomic E-state index is 5.71. The summed E-state index contributed by atoms with van der Waals surface area (Å²) in [4.78, 5) is 0. The van der Waals surface area contributed by atoms with Crippen molar-refractivity contribution in [1.82, 2.24) is 9.03 Å². The Hall–Kier alpha value is -1.81. The molecule has 0 unspecified atom stereocenters. The van der Waals surface area contributed by atoms with E-state index in [0.29, 0.717) is 0 Å². The summed E-state index contributed by atoms with van der Waals surface area (Å²) in [6.07, 6.45) is 7.84. The summed E-state index contributed by atoms with van der Waals surface area (Å²) in [5, 5.41) is 0. The quantitative estimate of drug-likeness (QED) is 0.788. The zero-order valence-corrected chi connectivity index (χ0v) is 9.20. The molecule has 0 saturated carbocycles. The summed E-state index contributed by atoms with van der Waals surface area (Å²) < 4.78 is 10.8. The fourth-order valence-electron chi connectivity index (χ4n) is 1.46. The Bertz CT molecular complexity index is 479. The van der Waals surface area contributed by atoms with Crippen LogP contribution >= 0.6 is 12.1 Å². The number of ether oxygens (including phenoxy) is 1. The fraction of sp³-hybridized carbons (Fsp3) is 0. The van der Waals surface area contributed by atoms with E-state index < -0.39 is 0 Å². The third kappa shape index (κ3) is 1.79. The molecule has 0 saturated heterocycles. The van der Waals surface area contributed by atoms with Crippen LogP contribution in [0.4, 0.5) is 0 Å². The lowest BCUT2D eigenvalue weighted by Crippen LogP contribution is -2.08. The van der Waals surface area contributed by atoms with Crippen molar-refractivity contribution < 1.29 is 4.74 Å². The largest absolute Gasteiger partial charge is 0.457 e. The minimum atomic E-state index is 0.822. The van der Waals surface area contributed by atoms with Gasteiger partial charge in [0, 0.05) is 18.5 Å². The zero-order chi connectivity index (χ0) is 10.8. The monoisotopic (exact) mass is 229 g/mol. The summed E-state index contributed by atoms with van der Waals surface area (Å²) in [5.41, 5.74) is 1.09. The van der Waals surface area contributed by atoms with Gasteiger partial charge in [0.1, 0.15) is 11.5 Å². The van der Waals surface area contributed by atoms with Crippen LogP contribution in [0, 0.1) is 6.07 Å². The van der Waals surface area contributed by atoms with Crippen LogP contribution < -0.4 is 9.46 Å². The molecule has 0 fully saturated rings. The fourth-order valence-corrected chi connectivity index (χ4v) is 2.08. The molecule has 2 heterocycles. The Morgan fingerprint density at radius 3 is 3.06 bits per heavy atom. The van der Waals surface area contributed by atoms with Crippen molar-refractivity contribution in [1.29, 1.82) is 0 Å². The predicted molar refractivity (Wildman–Crippen MR) is 63.8 cm³/mol. The van der Waals surface area contributed by atoms with Crippen molar-refractivity contribution in [3.05, 3.63) is 66.3 Å². The molecule has 3 nitrogen and oxygen atoms in total. The van der Waals surface area contributed by atoms with Gasteiger partial charge in [-0.3, -0.25) is 4.31 Å². The van der Waals surface area contributed by atoms with Crippen LogP contribution in [-0.4, -0.2) is 4.31 Å². The highest BCUT2D eigenvalue weighted by Crippen LogP contribution is 2.28. The average Bonchev–Trinajstić information content (AvgIpc) is 2.77. The number of hydrogen-bond acceptors (Lipinski definition) is 4. The van der Waals surface area contributed by atoms with E-state index in [0.717, 1.165) is 17.2 Å². The van der Waals surface area contributed by atoms with E-state index in [2.05, 4.69) is 10.8 Å². The SMILES string of the molecule is [c]1ccc(OC2=CC3=CNSN3C=C2)cc1. The summed E-state index contributed by atoms with van der Waals surface area (Å²) in [6.45, 7) is 0. The molecule has 0 aromatic heterocycles. The van der Waals surface area contributed by atoms with Crippen LogP contribution in [-0.2, 0) is 0 Å². The van der Waals surface area contributed by atoms with Crippen LogP contribution in [0.25, 0.3) is 0 Å². The molecule has 79 valence electrons. The van der Waals surface area contributed by atoms with Gasteiger partial charge in [-0.05, 0) is 24.3 Å². The normalized spacial score (nSPS) is 17.4. The number of benzene rings is 1. The minimum absolute atomic E-state index is 0.822. The lowest BCUT2D eigenvalue weighted by atomic mass is 10.3. The number of fused-ring (bicyclic) bond motifs is 1. The maximum Gasteiger partial charge on any atom is 0.131 e. The van der Waals surface area contributed by atoms with E-state index in [1.807, 2.05) is 53.1 Å². The van der Waals surface area contributed by atoms with Gasteiger partial charge in [0.15, 0.2) is 0 Å². The molecule has 1 aromatic rings. The molecule has 0 bridgehead atoms. The summed E-state index contributed by atoms with van der Waals surface area (Å²) in [5.74, 6) is 1.65. The molecular weight excluding hydrogens is 220 g/mol. The van der Waals surface area contributed by atoms with Crippen molar-refractivity contribution >= 4 is 12.1 Å². The molecule has 16 heavy (non-hydrogen) atoms. The van der Waals surface area contributed by atoms with Crippen LogP contribution in [0.2, 0.25) is 0 Å². The predicted octanol–water partition coefficient (Wildman–Crippen LogP) is 2.59. The first kappa shape index (κ1) is 9.42. The van der Waals surface area contributed by atoms with Crippen LogP contribution in [0.5, 0.6) is 5.75 Å². The summed E-state index contributed by atoms with van der Waals surface area (Å²) >= 11 is 1.53. The van der Waals surface area contributed by atoms with Gasteiger partial charge in [-0.1, -0.05) is 12.1 Å². The highest BCUT2D eigenvalue weighted by Gasteiger charge is 2.16. The smallest absolute Gasteiger partial charge is 0.131 e. The topological polar surface area (TPSA) is 24.5 Å². The Morgan fingerprint density at radius 1 is 1.31 bits per heavy atom. The second kappa shape index (κ2) is 3.98. The van der Waals surface area contributed by atoms with E-state index >= 15 is 0 Å². The maximum atomic E-state index is 5.71. The average molecular weight is 229 g/mol. The molecule has 2 aliphatic rings. The molecule has 1 radical (unpaired) electrons. The Labute approximate surface area is 98.4 Å². The molecule has 0 aliphatic carbocycles. The molecule has 1 aromatic carbocycles. The summed E-state index contributed by atoms with van der Waals surface area (Å²) in [7, 11) is 0. The number of allylic oxidation sites excluding steroid dienone is 2. The van der Waals surface area contributed by atoms with Crippen LogP contribution in [0.3, 0.4) is 0 Å². The number of nitrogens with zero attached hydrogens (tertiary/aromatic N) is 1. The van der Waals surface area contributed by atoms with Crippen molar-refractivity contribution in [2.24, 2.45) is 0 Å². The third-order valence-electron chi connectivity index (χ3n) is 2.20. The Morgan fingerprint density at radius 2 is 2.19 bits per heavy atom. The molecule has 0 amide bonds. The molecule has 3 rings (SSSR count). The van der Waals surface area contributed by atoms with Gasteiger partial charge in [-0.25, -0.2) is 0 Å². The van der Waals surface area contributed by atoms with E-state index in [1.165, 1.54) is 12.1 Å². The zero-order valence-electron chi connectivity index (χ0n) is 8.38. The first-order valence-corrected chi connectivity index (χ1v) is 5.65. The van der Waals surface area contributed by atoms with E-state index in [-0.39, 0.29) is 0 Å². The van der Waals surface area contributed by atoms with Crippen molar-refractivity contribution in [2.75, 3.05) is 0 Å².